The zero-order valence-electron chi connectivity index (χ0n) is 11.6. The van der Waals surface area contributed by atoms with E-state index < -0.39 is 0 Å². The Morgan fingerprint density at radius 3 is 2.91 bits per heavy atom. The van der Waals surface area contributed by atoms with Crippen LogP contribution in [0.4, 0.5) is 5.82 Å². The summed E-state index contributed by atoms with van der Waals surface area (Å²) in [5.41, 5.74) is 2.70. The van der Waals surface area contributed by atoms with Crippen molar-refractivity contribution in [1.82, 2.24) is 15.0 Å². The zero-order valence-corrected chi connectivity index (χ0v) is 12.4. The number of hydrogen-bond acceptors (Lipinski definition) is 3. The van der Waals surface area contributed by atoms with Gasteiger partial charge in [-0.2, -0.15) is 4.98 Å². The number of anilines is 1. The molecule has 0 saturated carbocycles. The smallest absolute Gasteiger partial charge is 0.306 e. The van der Waals surface area contributed by atoms with Gasteiger partial charge in [0.2, 0.25) is 5.52 Å². The average molecular weight is 311 g/mol. The Bertz CT molecular complexity index is 958. The molecule has 2 aromatic carbocycles. The summed E-state index contributed by atoms with van der Waals surface area (Å²) in [4.78, 5) is 14.5. The van der Waals surface area contributed by atoms with E-state index in [2.05, 4.69) is 55.6 Å². The van der Waals surface area contributed by atoms with Gasteiger partial charge in [-0.1, -0.05) is 47.4 Å². The number of fused-ring (bicyclic) bond motifs is 2. The first-order valence-corrected chi connectivity index (χ1v) is 7.32. The van der Waals surface area contributed by atoms with Crippen molar-refractivity contribution in [1.29, 1.82) is 0 Å². The normalized spacial score (nSPS) is 11.1. The highest BCUT2D eigenvalue weighted by atomic mass is 35.5. The molecule has 22 heavy (non-hydrogen) atoms. The molecule has 3 N–H and O–H groups in total. The third-order valence-corrected chi connectivity index (χ3v) is 3.80. The molecule has 0 saturated heterocycles. The summed E-state index contributed by atoms with van der Waals surface area (Å²) in [6, 6.07) is 14.6. The van der Waals surface area contributed by atoms with Gasteiger partial charge >= 0.3 is 10.9 Å². The number of rotatable bonds is 3. The second-order valence-corrected chi connectivity index (χ2v) is 5.33. The molecule has 0 radical (unpaired) electrons. The van der Waals surface area contributed by atoms with Gasteiger partial charge in [-0.3, -0.25) is 4.98 Å². The molecule has 4 aromatic rings. The predicted octanol–water partition coefficient (Wildman–Crippen LogP) is 3.19. The number of benzene rings is 2. The number of imidazole rings is 1. The summed E-state index contributed by atoms with van der Waals surface area (Å²) in [7, 11) is 0. The Labute approximate surface area is 131 Å². The maximum Gasteiger partial charge on any atom is 0.306 e. The molecular formula is C16H13ClN5+. The summed E-state index contributed by atoms with van der Waals surface area (Å²) in [5.74, 6) is 0.684. The molecule has 0 bridgehead atoms. The highest BCUT2D eigenvalue weighted by Gasteiger charge is 2.14. The van der Waals surface area contributed by atoms with Crippen molar-refractivity contribution in [2.45, 2.75) is 6.54 Å². The van der Waals surface area contributed by atoms with Crippen molar-refractivity contribution < 1.29 is 4.98 Å². The molecular weight excluding hydrogens is 298 g/mol. The minimum atomic E-state index is 0.212. The van der Waals surface area contributed by atoms with E-state index in [1.54, 1.807) is 6.33 Å². The monoisotopic (exact) mass is 310 g/mol. The van der Waals surface area contributed by atoms with Crippen molar-refractivity contribution in [3.63, 3.8) is 0 Å². The van der Waals surface area contributed by atoms with Crippen LogP contribution in [0.1, 0.15) is 5.56 Å². The van der Waals surface area contributed by atoms with Crippen molar-refractivity contribution in [2.24, 2.45) is 0 Å². The van der Waals surface area contributed by atoms with Gasteiger partial charge < -0.3 is 5.32 Å². The van der Waals surface area contributed by atoms with E-state index >= 15 is 0 Å². The molecule has 4 rings (SSSR count). The fourth-order valence-corrected chi connectivity index (χ4v) is 2.77. The summed E-state index contributed by atoms with van der Waals surface area (Å²) < 4.78 is 0. The molecule has 0 aliphatic rings. The number of halogens is 1. The Morgan fingerprint density at radius 2 is 1.95 bits per heavy atom. The second-order valence-electron chi connectivity index (χ2n) is 4.99. The van der Waals surface area contributed by atoms with Gasteiger partial charge in [0, 0.05) is 6.54 Å². The number of hydrogen-bond donors (Lipinski definition) is 2. The second kappa shape index (κ2) is 5.27. The molecule has 108 valence electrons. The molecule has 0 unspecified atom stereocenters. The minimum absolute atomic E-state index is 0.212. The molecule has 0 spiro atoms. The molecule has 0 fully saturated rings. The first-order valence-electron chi connectivity index (χ1n) is 6.94. The maximum absolute atomic E-state index is 5.96. The number of aromatic amines is 2. The Kier molecular flexibility index (Phi) is 3.12. The fraction of sp³-hybridized carbons (Fsp3) is 0.0625. The molecule has 0 amide bonds. The number of aromatic nitrogens is 4. The summed E-state index contributed by atoms with van der Waals surface area (Å²) in [5, 5.41) is 6.00. The van der Waals surface area contributed by atoms with Crippen molar-refractivity contribution in [3.8, 4) is 0 Å². The maximum atomic E-state index is 5.96. The fourth-order valence-electron chi connectivity index (χ4n) is 2.60. The molecule has 0 aliphatic heterocycles. The molecule has 6 heteroatoms. The van der Waals surface area contributed by atoms with Crippen molar-refractivity contribution >= 4 is 39.4 Å². The number of nitrogens with zero attached hydrogens (tertiary/aromatic N) is 2. The van der Waals surface area contributed by atoms with Crippen LogP contribution in [0.3, 0.4) is 0 Å². The van der Waals surface area contributed by atoms with E-state index in [1.807, 2.05) is 12.1 Å². The van der Waals surface area contributed by atoms with Crippen LogP contribution in [0.5, 0.6) is 0 Å². The topological polar surface area (TPSA) is 67.7 Å². The Balaban J connectivity index is 1.70. The van der Waals surface area contributed by atoms with Crippen LogP contribution >= 0.6 is 11.6 Å². The molecule has 5 nitrogen and oxygen atoms in total. The lowest BCUT2D eigenvalue weighted by atomic mass is 10.0. The molecule has 0 aliphatic carbocycles. The predicted molar refractivity (Wildman–Crippen MR) is 86.7 cm³/mol. The zero-order chi connectivity index (χ0) is 14.9. The molecule has 2 aromatic heterocycles. The lowest BCUT2D eigenvalue weighted by molar-refractivity contribution is -0.347. The first kappa shape index (κ1) is 13.0. The van der Waals surface area contributed by atoms with Gasteiger partial charge in [0.05, 0.1) is 0 Å². The minimum Gasteiger partial charge on any atom is -0.363 e. The van der Waals surface area contributed by atoms with Crippen molar-refractivity contribution in [3.05, 3.63) is 59.6 Å². The van der Waals surface area contributed by atoms with E-state index in [-0.39, 0.29) is 5.28 Å². The lowest BCUT2D eigenvalue weighted by Gasteiger charge is -2.08. The van der Waals surface area contributed by atoms with E-state index in [0.717, 1.165) is 5.52 Å². The Morgan fingerprint density at radius 1 is 1.09 bits per heavy atom. The van der Waals surface area contributed by atoms with E-state index in [1.165, 1.54) is 16.3 Å². The quantitative estimate of drug-likeness (QED) is 0.571. The van der Waals surface area contributed by atoms with Crippen LogP contribution in [-0.2, 0) is 6.54 Å². The van der Waals surface area contributed by atoms with Gasteiger partial charge in [0.1, 0.15) is 0 Å². The highest BCUT2D eigenvalue weighted by molar-refractivity contribution is 6.28. The van der Waals surface area contributed by atoms with Crippen LogP contribution in [-0.4, -0.2) is 15.0 Å². The first-order chi connectivity index (χ1) is 10.8. The van der Waals surface area contributed by atoms with Gasteiger partial charge in [0.15, 0.2) is 12.1 Å². The average Bonchev–Trinajstić information content (AvgIpc) is 3.00. The van der Waals surface area contributed by atoms with Gasteiger partial charge in [-0.25, -0.2) is 4.98 Å². The summed E-state index contributed by atoms with van der Waals surface area (Å²) in [6.45, 7) is 0.656. The van der Waals surface area contributed by atoms with E-state index in [9.17, 15) is 0 Å². The van der Waals surface area contributed by atoms with Crippen LogP contribution < -0.4 is 10.3 Å². The van der Waals surface area contributed by atoms with Crippen LogP contribution in [0.2, 0.25) is 5.28 Å². The number of H-pyrrole nitrogens is 2. The van der Waals surface area contributed by atoms with E-state index in [0.29, 0.717) is 18.0 Å². The highest BCUT2D eigenvalue weighted by Crippen LogP contribution is 2.21. The Hall–Kier alpha value is -2.66. The number of nitrogens with one attached hydrogen (secondary N) is 3. The third kappa shape index (κ3) is 2.25. The van der Waals surface area contributed by atoms with Gasteiger partial charge in [-0.15, -0.1) is 0 Å². The SMILES string of the molecule is Clc1nc(NCc2cccc3ccccc23)c2[nH]c[nH+]c2n1. The lowest BCUT2D eigenvalue weighted by Crippen LogP contribution is -2.05. The molecule has 2 heterocycles. The third-order valence-electron chi connectivity index (χ3n) is 3.63. The van der Waals surface area contributed by atoms with Crippen molar-refractivity contribution in [2.75, 3.05) is 5.32 Å². The van der Waals surface area contributed by atoms with Crippen LogP contribution in [0, 0.1) is 0 Å². The van der Waals surface area contributed by atoms with Crippen LogP contribution in [0.15, 0.2) is 48.8 Å². The van der Waals surface area contributed by atoms with Crippen LogP contribution in [0.25, 0.3) is 21.9 Å². The van der Waals surface area contributed by atoms with Gasteiger partial charge in [-0.05, 0) is 27.9 Å². The standard InChI is InChI=1S/C16H12ClN5/c17-16-21-14(13-15(22-16)20-9-19-13)18-8-11-6-3-5-10-4-1-2-7-12(10)11/h1-7,9H,8H2,(H2,18,19,20,21,22)/p+1. The van der Waals surface area contributed by atoms with Gasteiger partial charge in [0.25, 0.3) is 0 Å². The largest absolute Gasteiger partial charge is 0.363 e. The molecule has 0 atom stereocenters. The van der Waals surface area contributed by atoms with E-state index in [4.69, 9.17) is 11.6 Å². The summed E-state index contributed by atoms with van der Waals surface area (Å²) >= 11 is 5.96. The summed E-state index contributed by atoms with van der Waals surface area (Å²) in [6.07, 6.45) is 1.71.